The van der Waals surface area contributed by atoms with Crippen LogP contribution in [0.15, 0.2) is 18.3 Å². The van der Waals surface area contributed by atoms with Crippen molar-refractivity contribution in [3.63, 3.8) is 0 Å². The van der Waals surface area contributed by atoms with Gasteiger partial charge in [0.2, 0.25) is 5.91 Å². The second-order valence-corrected chi connectivity index (χ2v) is 4.18. The summed E-state index contributed by atoms with van der Waals surface area (Å²) in [4.78, 5) is 15.1. The van der Waals surface area contributed by atoms with Crippen molar-refractivity contribution >= 4 is 11.7 Å². The van der Waals surface area contributed by atoms with Crippen LogP contribution < -0.4 is 16.8 Å². The van der Waals surface area contributed by atoms with Crippen LogP contribution >= 0.6 is 0 Å². The molecule has 1 amide bonds. The summed E-state index contributed by atoms with van der Waals surface area (Å²) in [5.74, 6) is 0.844. The Hall–Kier alpha value is -1.62. The van der Waals surface area contributed by atoms with Gasteiger partial charge in [0.1, 0.15) is 5.82 Å². The van der Waals surface area contributed by atoms with E-state index in [1.807, 2.05) is 0 Å². The van der Waals surface area contributed by atoms with E-state index in [-0.39, 0.29) is 6.04 Å². The minimum absolute atomic E-state index is 0.166. The molecule has 1 aliphatic carbocycles. The molecule has 1 aliphatic rings. The van der Waals surface area contributed by atoms with E-state index in [0.29, 0.717) is 23.8 Å². The van der Waals surface area contributed by atoms with E-state index in [4.69, 9.17) is 11.5 Å². The van der Waals surface area contributed by atoms with E-state index in [0.717, 1.165) is 0 Å². The standard InChI is InChI=1S/C11H16N4O/c12-9(7-1-2-7)6-15-10-5-8(11(13)16)3-4-14-10/h3-5,7,9H,1-2,6,12H2,(H2,13,16)(H,14,15). The molecule has 0 saturated heterocycles. The van der Waals surface area contributed by atoms with Crippen LogP contribution in [0, 0.1) is 5.92 Å². The maximum Gasteiger partial charge on any atom is 0.248 e. The fourth-order valence-electron chi connectivity index (χ4n) is 1.59. The third kappa shape index (κ3) is 2.70. The summed E-state index contributed by atoms with van der Waals surface area (Å²) in [6.07, 6.45) is 4.00. The topological polar surface area (TPSA) is 94.0 Å². The lowest BCUT2D eigenvalue weighted by atomic mass is 10.2. The van der Waals surface area contributed by atoms with Gasteiger partial charge in [0.15, 0.2) is 0 Å². The minimum atomic E-state index is -0.447. The minimum Gasteiger partial charge on any atom is -0.368 e. The third-order valence-corrected chi connectivity index (χ3v) is 2.79. The Morgan fingerprint density at radius 2 is 2.38 bits per heavy atom. The molecule has 2 rings (SSSR count). The molecule has 5 heteroatoms. The summed E-state index contributed by atoms with van der Waals surface area (Å²) < 4.78 is 0. The van der Waals surface area contributed by atoms with Crippen LogP contribution in [0.4, 0.5) is 5.82 Å². The quantitative estimate of drug-likeness (QED) is 0.666. The van der Waals surface area contributed by atoms with Gasteiger partial charge in [0.05, 0.1) is 0 Å². The van der Waals surface area contributed by atoms with Crippen LogP contribution in [0.25, 0.3) is 0 Å². The molecule has 1 heterocycles. The number of hydrogen-bond donors (Lipinski definition) is 3. The Labute approximate surface area is 94.2 Å². The monoisotopic (exact) mass is 220 g/mol. The first-order valence-corrected chi connectivity index (χ1v) is 5.42. The average Bonchev–Trinajstić information content (AvgIpc) is 3.10. The smallest absolute Gasteiger partial charge is 0.248 e. The highest BCUT2D eigenvalue weighted by atomic mass is 16.1. The number of rotatable bonds is 5. The number of nitrogens with one attached hydrogen (secondary N) is 1. The van der Waals surface area contributed by atoms with E-state index >= 15 is 0 Å². The number of amides is 1. The van der Waals surface area contributed by atoms with E-state index in [2.05, 4.69) is 10.3 Å². The van der Waals surface area contributed by atoms with Crippen molar-refractivity contribution in [2.75, 3.05) is 11.9 Å². The fourth-order valence-corrected chi connectivity index (χ4v) is 1.59. The van der Waals surface area contributed by atoms with E-state index in [1.54, 1.807) is 18.3 Å². The third-order valence-electron chi connectivity index (χ3n) is 2.79. The largest absolute Gasteiger partial charge is 0.368 e. The molecule has 1 unspecified atom stereocenters. The number of pyridine rings is 1. The first-order chi connectivity index (χ1) is 7.66. The predicted octanol–water partition coefficient (Wildman–Crippen LogP) is 0.330. The molecule has 0 bridgehead atoms. The normalized spacial score (nSPS) is 16.8. The summed E-state index contributed by atoms with van der Waals surface area (Å²) in [5, 5.41) is 3.12. The van der Waals surface area contributed by atoms with Crippen molar-refractivity contribution in [1.82, 2.24) is 4.98 Å². The van der Waals surface area contributed by atoms with Crippen molar-refractivity contribution in [1.29, 1.82) is 0 Å². The second kappa shape index (κ2) is 4.49. The Bertz CT molecular complexity index is 389. The lowest BCUT2D eigenvalue weighted by Gasteiger charge is -2.12. The van der Waals surface area contributed by atoms with E-state index in [1.165, 1.54) is 12.8 Å². The molecule has 1 aromatic rings. The van der Waals surface area contributed by atoms with Crippen molar-refractivity contribution in [3.8, 4) is 0 Å². The summed E-state index contributed by atoms with van der Waals surface area (Å²) in [6, 6.07) is 3.40. The Morgan fingerprint density at radius 1 is 1.62 bits per heavy atom. The number of primary amides is 1. The van der Waals surface area contributed by atoms with Gasteiger partial charge in [-0.2, -0.15) is 0 Å². The van der Waals surface area contributed by atoms with Crippen LogP contribution in [0.1, 0.15) is 23.2 Å². The van der Waals surface area contributed by atoms with Crippen LogP contribution in [-0.2, 0) is 0 Å². The lowest BCUT2D eigenvalue weighted by Crippen LogP contribution is -2.31. The van der Waals surface area contributed by atoms with Gasteiger partial charge in [-0.05, 0) is 30.9 Å². The highest BCUT2D eigenvalue weighted by Crippen LogP contribution is 2.31. The van der Waals surface area contributed by atoms with Gasteiger partial charge in [-0.15, -0.1) is 0 Å². The second-order valence-electron chi connectivity index (χ2n) is 4.18. The summed E-state index contributed by atoms with van der Waals surface area (Å²) >= 11 is 0. The molecular weight excluding hydrogens is 204 g/mol. The molecule has 86 valence electrons. The number of carbonyl (C=O) groups is 1. The first-order valence-electron chi connectivity index (χ1n) is 5.42. The van der Waals surface area contributed by atoms with Gasteiger partial charge in [-0.3, -0.25) is 4.79 Å². The maximum absolute atomic E-state index is 11.0. The number of anilines is 1. The number of carbonyl (C=O) groups excluding carboxylic acids is 1. The molecule has 0 radical (unpaired) electrons. The Morgan fingerprint density at radius 3 is 3.00 bits per heavy atom. The molecule has 1 saturated carbocycles. The number of hydrogen-bond acceptors (Lipinski definition) is 4. The molecular formula is C11H16N4O. The van der Waals surface area contributed by atoms with Crippen LogP contribution in [0.5, 0.6) is 0 Å². The van der Waals surface area contributed by atoms with Gasteiger partial charge in [-0.25, -0.2) is 4.98 Å². The average molecular weight is 220 g/mol. The number of nitrogens with zero attached hydrogens (tertiary/aromatic N) is 1. The van der Waals surface area contributed by atoms with E-state index < -0.39 is 5.91 Å². The highest BCUT2D eigenvalue weighted by molar-refractivity contribution is 5.93. The van der Waals surface area contributed by atoms with Crippen LogP contribution in [0.2, 0.25) is 0 Å². The van der Waals surface area contributed by atoms with Crippen molar-refractivity contribution in [3.05, 3.63) is 23.9 Å². The van der Waals surface area contributed by atoms with Crippen molar-refractivity contribution in [2.24, 2.45) is 17.4 Å². The molecule has 0 spiro atoms. The van der Waals surface area contributed by atoms with Gasteiger partial charge in [0.25, 0.3) is 0 Å². The first kappa shape index (κ1) is 10.9. The van der Waals surface area contributed by atoms with Gasteiger partial charge < -0.3 is 16.8 Å². The zero-order valence-corrected chi connectivity index (χ0v) is 9.02. The molecule has 1 fully saturated rings. The summed E-state index contributed by atoms with van der Waals surface area (Å²) in [6.45, 7) is 0.680. The van der Waals surface area contributed by atoms with Gasteiger partial charge in [-0.1, -0.05) is 0 Å². The highest BCUT2D eigenvalue weighted by Gasteiger charge is 2.28. The molecule has 5 nitrogen and oxygen atoms in total. The molecule has 16 heavy (non-hydrogen) atoms. The van der Waals surface area contributed by atoms with Crippen molar-refractivity contribution in [2.45, 2.75) is 18.9 Å². The maximum atomic E-state index is 11.0. The number of aromatic nitrogens is 1. The zero-order chi connectivity index (χ0) is 11.5. The SMILES string of the molecule is NC(=O)c1ccnc(NCC(N)C2CC2)c1. The van der Waals surface area contributed by atoms with E-state index in [9.17, 15) is 4.79 Å². The zero-order valence-electron chi connectivity index (χ0n) is 9.02. The predicted molar refractivity (Wildman–Crippen MR) is 61.9 cm³/mol. The Balaban J connectivity index is 1.92. The lowest BCUT2D eigenvalue weighted by molar-refractivity contribution is 0.1000. The molecule has 0 aliphatic heterocycles. The molecule has 1 aromatic heterocycles. The summed E-state index contributed by atoms with van der Waals surface area (Å²) in [5.41, 5.74) is 11.6. The molecule has 1 atom stereocenters. The van der Waals surface area contributed by atoms with Gasteiger partial charge >= 0.3 is 0 Å². The van der Waals surface area contributed by atoms with Gasteiger partial charge in [0, 0.05) is 24.3 Å². The van der Waals surface area contributed by atoms with Crippen LogP contribution in [0.3, 0.4) is 0 Å². The Kier molecular flexibility index (Phi) is 3.05. The number of nitrogens with two attached hydrogens (primary N) is 2. The summed E-state index contributed by atoms with van der Waals surface area (Å²) in [7, 11) is 0. The molecule has 0 aromatic carbocycles. The van der Waals surface area contributed by atoms with Crippen molar-refractivity contribution < 1.29 is 4.79 Å². The molecule has 5 N–H and O–H groups in total. The van der Waals surface area contributed by atoms with Crippen LogP contribution in [-0.4, -0.2) is 23.5 Å². The fraction of sp³-hybridized carbons (Fsp3) is 0.455.